The summed E-state index contributed by atoms with van der Waals surface area (Å²) < 4.78 is 3.75. The predicted molar refractivity (Wildman–Crippen MR) is 94.2 cm³/mol. The summed E-state index contributed by atoms with van der Waals surface area (Å²) in [5.41, 5.74) is 2.42. The number of anilines is 2. The monoisotopic (exact) mass is 327 g/mol. The molecule has 7 nitrogen and oxygen atoms in total. The van der Waals surface area contributed by atoms with Crippen molar-refractivity contribution in [1.82, 2.24) is 14.3 Å². The van der Waals surface area contributed by atoms with Crippen molar-refractivity contribution in [2.24, 2.45) is 0 Å². The lowest BCUT2D eigenvalue weighted by Crippen LogP contribution is -2.19. The quantitative estimate of drug-likeness (QED) is 0.651. The number of rotatable bonds is 6. The van der Waals surface area contributed by atoms with Crippen LogP contribution < -0.4 is 10.6 Å². The minimum Gasteiger partial charge on any atom is -0.394 e. The van der Waals surface area contributed by atoms with Crippen molar-refractivity contribution in [2.75, 3.05) is 17.2 Å². The lowest BCUT2D eigenvalue weighted by Gasteiger charge is -2.08. The topological polar surface area (TPSA) is 84.1 Å². The van der Waals surface area contributed by atoms with Gasteiger partial charge in [0.15, 0.2) is 0 Å². The third-order valence-corrected chi connectivity index (χ3v) is 3.72. The molecule has 24 heavy (non-hydrogen) atoms. The molecule has 0 aliphatic heterocycles. The Labute approximate surface area is 139 Å². The van der Waals surface area contributed by atoms with Crippen LogP contribution >= 0.6 is 0 Å². The van der Waals surface area contributed by atoms with Crippen molar-refractivity contribution in [3.05, 3.63) is 42.9 Å². The summed E-state index contributed by atoms with van der Waals surface area (Å²) in [5.74, 6) is 0. The Balaban J connectivity index is 1.69. The number of carbonyl (C=O) groups is 1. The van der Waals surface area contributed by atoms with E-state index in [2.05, 4.69) is 39.5 Å². The average Bonchev–Trinajstić information content (AvgIpc) is 3.15. The summed E-state index contributed by atoms with van der Waals surface area (Å²) in [6.45, 7) is 3.49. The Morgan fingerprint density at radius 3 is 2.83 bits per heavy atom. The van der Waals surface area contributed by atoms with Gasteiger partial charge in [-0.1, -0.05) is 13.0 Å². The SMILES string of the molecule is CCCn1ccc2ccc(NC(=O)Nc3cnn(CCO)c3)cc21. The lowest BCUT2D eigenvalue weighted by atomic mass is 10.2. The summed E-state index contributed by atoms with van der Waals surface area (Å²) in [6, 6.07) is 7.60. The number of hydrogen-bond donors (Lipinski definition) is 3. The first-order chi connectivity index (χ1) is 11.7. The molecule has 0 aliphatic carbocycles. The maximum absolute atomic E-state index is 12.1. The number of fused-ring (bicyclic) bond motifs is 1. The normalized spacial score (nSPS) is 10.9. The van der Waals surface area contributed by atoms with Crippen LogP contribution in [0.25, 0.3) is 10.9 Å². The van der Waals surface area contributed by atoms with Gasteiger partial charge in [0.05, 0.1) is 30.6 Å². The minimum absolute atomic E-state index is 0.00470. The third-order valence-electron chi connectivity index (χ3n) is 3.72. The number of benzene rings is 1. The second kappa shape index (κ2) is 7.18. The van der Waals surface area contributed by atoms with Gasteiger partial charge in [-0.05, 0) is 30.0 Å². The highest BCUT2D eigenvalue weighted by Gasteiger charge is 2.07. The van der Waals surface area contributed by atoms with Crippen molar-refractivity contribution >= 4 is 28.3 Å². The molecule has 0 fully saturated rings. The molecule has 0 atom stereocenters. The van der Waals surface area contributed by atoms with Gasteiger partial charge in [0.2, 0.25) is 0 Å². The average molecular weight is 327 g/mol. The number of urea groups is 1. The van der Waals surface area contributed by atoms with E-state index < -0.39 is 0 Å². The number of aromatic nitrogens is 3. The highest BCUT2D eigenvalue weighted by molar-refractivity contribution is 6.00. The van der Waals surface area contributed by atoms with E-state index >= 15 is 0 Å². The number of amides is 2. The molecule has 0 aliphatic rings. The number of carbonyl (C=O) groups excluding carboxylic acids is 1. The van der Waals surface area contributed by atoms with Crippen LogP contribution in [0.5, 0.6) is 0 Å². The van der Waals surface area contributed by atoms with Crippen molar-refractivity contribution in [1.29, 1.82) is 0 Å². The van der Waals surface area contributed by atoms with Crippen LogP contribution in [0.2, 0.25) is 0 Å². The molecule has 126 valence electrons. The highest BCUT2D eigenvalue weighted by atomic mass is 16.3. The second-order valence-electron chi connectivity index (χ2n) is 5.58. The Morgan fingerprint density at radius 2 is 2.04 bits per heavy atom. The van der Waals surface area contributed by atoms with Gasteiger partial charge >= 0.3 is 6.03 Å². The zero-order valence-corrected chi connectivity index (χ0v) is 13.6. The lowest BCUT2D eigenvalue weighted by molar-refractivity contribution is 0.262. The van der Waals surface area contributed by atoms with E-state index in [1.54, 1.807) is 17.1 Å². The van der Waals surface area contributed by atoms with Crippen LogP contribution in [0.1, 0.15) is 13.3 Å². The van der Waals surface area contributed by atoms with Gasteiger partial charge < -0.3 is 20.3 Å². The predicted octanol–water partition coefficient (Wildman–Crippen LogP) is 2.88. The molecule has 1 aromatic carbocycles. The molecule has 2 heterocycles. The van der Waals surface area contributed by atoms with Crippen molar-refractivity contribution in [3.8, 4) is 0 Å². The van der Waals surface area contributed by atoms with Crippen LogP contribution in [0.4, 0.5) is 16.2 Å². The van der Waals surface area contributed by atoms with Crippen LogP contribution in [0.15, 0.2) is 42.9 Å². The van der Waals surface area contributed by atoms with Gasteiger partial charge in [-0.15, -0.1) is 0 Å². The minimum atomic E-state index is -0.327. The molecule has 0 radical (unpaired) electrons. The molecular weight excluding hydrogens is 306 g/mol. The Morgan fingerprint density at radius 1 is 1.21 bits per heavy atom. The van der Waals surface area contributed by atoms with Gasteiger partial charge in [0.25, 0.3) is 0 Å². The maximum Gasteiger partial charge on any atom is 0.323 e. The maximum atomic E-state index is 12.1. The van der Waals surface area contributed by atoms with E-state index in [1.165, 1.54) is 0 Å². The molecule has 0 bridgehead atoms. The van der Waals surface area contributed by atoms with Gasteiger partial charge in [-0.25, -0.2) is 4.79 Å². The first-order valence-electron chi connectivity index (χ1n) is 8.00. The van der Waals surface area contributed by atoms with Crippen LogP contribution in [-0.4, -0.2) is 32.1 Å². The van der Waals surface area contributed by atoms with Crippen LogP contribution in [0.3, 0.4) is 0 Å². The molecular formula is C17H21N5O2. The zero-order valence-electron chi connectivity index (χ0n) is 13.6. The van der Waals surface area contributed by atoms with E-state index in [9.17, 15) is 4.79 Å². The van der Waals surface area contributed by atoms with E-state index in [0.29, 0.717) is 12.2 Å². The summed E-state index contributed by atoms with van der Waals surface area (Å²) in [6.07, 6.45) is 6.34. The van der Waals surface area contributed by atoms with Crippen molar-refractivity contribution in [3.63, 3.8) is 0 Å². The summed E-state index contributed by atoms with van der Waals surface area (Å²) >= 11 is 0. The number of aliphatic hydroxyl groups excluding tert-OH is 1. The van der Waals surface area contributed by atoms with E-state index in [0.717, 1.165) is 29.6 Å². The van der Waals surface area contributed by atoms with Gasteiger partial charge in [0, 0.05) is 24.6 Å². The number of aliphatic hydroxyl groups is 1. The zero-order chi connectivity index (χ0) is 16.9. The molecule has 0 saturated carbocycles. The second-order valence-corrected chi connectivity index (χ2v) is 5.58. The Bertz CT molecular complexity index is 836. The molecule has 0 spiro atoms. The fourth-order valence-corrected chi connectivity index (χ4v) is 2.64. The van der Waals surface area contributed by atoms with Gasteiger partial charge in [-0.2, -0.15) is 5.10 Å². The molecule has 3 N–H and O–H groups in total. The van der Waals surface area contributed by atoms with Gasteiger partial charge in [0.1, 0.15) is 0 Å². The van der Waals surface area contributed by atoms with E-state index in [4.69, 9.17) is 5.11 Å². The highest BCUT2D eigenvalue weighted by Crippen LogP contribution is 2.21. The van der Waals surface area contributed by atoms with Gasteiger partial charge in [-0.3, -0.25) is 4.68 Å². The molecule has 7 heteroatoms. The molecule has 2 amide bonds. The summed E-state index contributed by atoms with van der Waals surface area (Å²) in [7, 11) is 0. The number of nitrogens with zero attached hydrogens (tertiary/aromatic N) is 3. The molecule has 3 rings (SSSR count). The van der Waals surface area contributed by atoms with E-state index in [-0.39, 0.29) is 12.6 Å². The van der Waals surface area contributed by atoms with Crippen LogP contribution in [0, 0.1) is 0 Å². The van der Waals surface area contributed by atoms with Crippen molar-refractivity contribution < 1.29 is 9.90 Å². The number of aryl methyl sites for hydroxylation is 1. The Kier molecular flexibility index (Phi) is 4.81. The number of nitrogens with one attached hydrogen (secondary N) is 2. The first kappa shape index (κ1) is 16.1. The first-order valence-corrected chi connectivity index (χ1v) is 8.00. The molecule has 3 aromatic rings. The summed E-state index contributed by atoms with van der Waals surface area (Å²) in [4.78, 5) is 12.1. The fourth-order valence-electron chi connectivity index (χ4n) is 2.64. The standard InChI is InChI=1S/C17H21N5O2/c1-2-6-21-7-5-13-3-4-14(10-16(13)21)19-17(24)20-15-11-18-22(12-15)8-9-23/h3-5,7,10-12,23H,2,6,8-9H2,1H3,(H2,19,20,24). The Hall–Kier alpha value is -2.80. The summed E-state index contributed by atoms with van der Waals surface area (Å²) in [5, 5.41) is 19.6. The smallest absolute Gasteiger partial charge is 0.323 e. The molecule has 2 aromatic heterocycles. The molecule has 0 saturated heterocycles. The fraction of sp³-hybridized carbons (Fsp3) is 0.294. The largest absolute Gasteiger partial charge is 0.394 e. The van der Waals surface area contributed by atoms with Crippen molar-refractivity contribution in [2.45, 2.75) is 26.4 Å². The molecule has 0 unspecified atom stereocenters. The van der Waals surface area contributed by atoms with Crippen LogP contribution in [-0.2, 0) is 13.1 Å². The number of hydrogen-bond acceptors (Lipinski definition) is 3. The third kappa shape index (κ3) is 3.57. The van der Waals surface area contributed by atoms with E-state index in [1.807, 2.05) is 18.2 Å².